The molecule has 0 amide bonds. The van der Waals surface area contributed by atoms with Crippen LogP contribution in [0.2, 0.25) is 0 Å². The van der Waals surface area contributed by atoms with Crippen LogP contribution in [0.25, 0.3) is 0 Å². The second kappa shape index (κ2) is 5.41. The van der Waals surface area contributed by atoms with E-state index < -0.39 is 8.15 Å². The number of hydrogen-bond acceptors (Lipinski definition) is 1. The lowest BCUT2D eigenvalue weighted by molar-refractivity contribution is 0.777. The molecule has 0 fully saturated rings. The van der Waals surface area contributed by atoms with E-state index in [0.29, 0.717) is 0 Å². The number of hydrogen-bond donors (Lipinski definition) is 0. The number of halogens is 1. The summed E-state index contributed by atoms with van der Waals surface area (Å²) in [6.07, 6.45) is 0. The van der Waals surface area contributed by atoms with Gasteiger partial charge in [0.25, 0.3) is 0 Å². The molecule has 3 heteroatoms. The van der Waals surface area contributed by atoms with Crippen LogP contribution in [0, 0.1) is 0 Å². The molecule has 1 nitrogen and oxygen atoms in total. The molecule has 0 aliphatic rings. The standard InChI is InChI=1S/C12H10BrOP/c13-14-15(11-7-3-1-4-8-11)12-9-5-2-6-10-12/h1-10H. The Kier molecular flexibility index (Phi) is 3.90. The van der Waals surface area contributed by atoms with Crippen LogP contribution in [0.3, 0.4) is 0 Å². The van der Waals surface area contributed by atoms with Gasteiger partial charge in [-0.05, 0) is 0 Å². The van der Waals surface area contributed by atoms with Crippen molar-refractivity contribution >= 4 is 35.0 Å². The number of rotatable bonds is 3. The monoisotopic (exact) mass is 280 g/mol. The van der Waals surface area contributed by atoms with Gasteiger partial charge in [-0.15, -0.1) is 0 Å². The van der Waals surface area contributed by atoms with E-state index in [1.165, 1.54) is 10.6 Å². The van der Waals surface area contributed by atoms with Gasteiger partial charge in [0, 0.05) is 10.6 Å². The zero-order valence-electron chi connectivity index (χ0n) is 8.01. The summed E-state index contributed by atoms with van der Waals surface area (Å²) in [4.78, 5) is 0. The predicted octanol–water partition coefficient (Wildman–Crippen LogP) is 3.36. The smallest absolute Gasteiger partial charge is 0.109 e. The lowest BCUT2D eigenvalue weighted by Gasteiger charge is -2.13. The first-order valence-corrected chi connectivity index (χ1v) is 6.51. The van der Waals surface area contributed by atoms with Crippen molar-refractivity contribution in [2.45, 2.75) is 0 Å². The third-order valence-electron chi connectivity index (χ3n) is 2.05. The fourth-order valence-corrected chi connectivity index (χ4v) is 3.70. The fourth-order valence-electron chi connectivity index (χ4n) is 1.36. The van der Waals surface area contributed by atoms with Crippen molar-refractivity contribution < 1.29 is 3.62 Å². The predicted molar refractivity (Wildman–Crippen MR) is 69.1 cm³/mol. The second-order valence-corrected chi connectivity index (χ2v) is 5.66. The van der Waals surface area contributed by atoms with Gasteiger partial charge in [-0.2, -0.15) is 0 Å². The maximum atomic E-state index is 5.40. The van der Waals surface area contributed by atoms with Gasteiger partial charge in [-0.3, -0.25) is 3.62 Å². The molecule has 0 spiro atoms. The highest BCUT2D eigenvalue weighted by molar-refractivity contribution is 9.06. The van der Waals surface area contributed by atoms with Crippen molar-refractivity contribution in [1.29, 1.82) is 0 Å². The highest BCUT2D eigenvalue weighted by Crippen LogP contribution is 2.36. The van der Waals surface area contributed by atoms with Gasteiger partial charge in [0.15, 0.2) is 0 Å². The molecule has 76 valence electrons. The van der Waals surface area contributed by atoms with E-state index in [1.807, 2.05) is 36.4 Å². The molecule has 0 atom stereocenters. The van der Waals surface area contributed by atoms with Crippen molar-refractivity contribution in [3.8, 4) is 0 Å². The second-order valence-electron chi connectivity index (χ2n) is 3.03. The molecule has 15 heavy (non-hydrogen) atoms. The van der Waals surface area contributed by atoms with Crippen LogP contribution in [0.15, 0.2) is 60.7 Å². The van der Waals surface area contributed by atoms with Gasteiger partial charge in [0.05, 0.1) is 0 Å². The Balaban J connectivity index is 2.34. The Morgan fingerprint density at radius 2 is 1.13 bits per heavy atom. The molecule has 2 aromatic rings. The third-order valence-corrected chi connectivity index (χ3v) is 4.59. The van der Waals surface area contributed by atoms with E-state index in [2.05, 4.69) is 40.5 Å². The molecular formula is C12H10BrOP. The molecule has 0 aliphatic heterocycles. The summed E-state index contributed by atoms with van der Waals surface area (Å²) in [5.74, 6) is 0. The van der Waals surface area contributed by atoms with Gasteiger partial charge in [0.2, 0.25) is 0 Å². The van der Waals surface area contributed by atoms with Crippen LogP contribution in [0.1, 0.15) is 0 Å². The molecule has 0 bridgehead atoms. The SMILES string of the molecule is BrOP(c1ccccc1)c1ccccc1. The minimum atomic E-state index is -0.732. The molecular weight excluding hydrogens is 271 g/mol. The maximum Gasteiger partial charge on any atom is 0.109 e. The van der Waals surface area contributed by atoms with Crippen molar-refractivity contribution in [2.75, 3.05) is 0 Å². The molecule has 0 radical (unpaired) electrons. The van der Waals surface area contributed by atoms with Crippen LogP contribution < -0.4 is 10.6 Å². The van der Waals surface area contributed by atoms with E-state index in [0.717, 1.165) is 0 Å². The van der Waals surface area contributed by atoms with Gasteiger partial charge >= 0.3 is 0 Å². The van der Waals surface area contributed by atoms with E-state index in [-0.39, 0.29) is 0 Å². The van der Waals surface area contributed by atoms with E-state index in [4.69, 9.17) is 3.62 Å². The fraction of sp³-hybridized carbons (Fsp3) is 0. The maximum absolute atomic E-state index is 5.40. The van der Waals surface area contributed by atoms with Crippen molar-refractivity contribution in [3.05, 3.63) is 60.7 Å². The van der Waals surface area contributed by atoms with Gasteiger partial charge < -0.3 is 0 Å². The minimum Gasteiger partial charge on any atom is -0.276 e. The molecule has 2 aromatic carbocycles. The average molecular weight is 281 g/mol. The van der Waals surface area contributed by atoms with E-state index in [9.17, 15) is 0 Å². The highest BCUT2D eigenvalue weighted by atomic mass is 79.9. The lowest BCUT2D eigenvalue weighted by atomic mass is 10.4. The van der Waals surface area contributed by atoms with Crippen LogP contribution >= 0.6 is 24.4 Å². The normalized spacial score (nSPS) is 10.5. The Morgan fingerprint density at radius 1 is 0.733 bits per heavy atom. The summed E-state index contributed by atoms with van der Waals surface area (Å²) in [6.45, 7) is 0. The minimum absolute atomic E-state index is 0.732. The molecule has 0 saturated carbocycles. The van der Waals surface area contributed by atoms with Gasteiger partial charge in [-0.25, -0.2) is 0 Å². The third kappa shape index (κ3) is 2.66. The van der Waals surface area contributed by atoms with Crippen LogP contribution in [-0.2, 0) is 3.62 Å². The average Bonchev–Trinajstić information content (AvgIpc) is 2.33. The molecule has 2 rings (SSSR count). The zero-order chi connectivity index (χ0) is 10.5. The molecule has 0 aromatic heterocycles. The molecule has 0 aliphatic carbocycles. The molecule has 0 saturated heterocycles. The topological polar surface area (TPSA) is 9.23 Å². The number of benzene rings is 2. The highest BCUT2D eigenvalue weighted by Gasteiger charge is 2.13. The first-order chi connectivity index (χ1) is 7.42. The van der Waals surface area contributed by atoms with E-state index >= 15 is 0 Å². The van der Waals surface area contributed by atoms with Crippen molar-refractivity contribution in [3.63, 3.8) is 0 Å². The zero-order valence-corrected chi connectivity index (χ0v) is 10.5. The Bertz CT molecular complexity index is 365. The summed E-state index contributed by atoms with van der Waals surface area (Å²) in [7, 11) is -0.732. The van der Waals surface area contributed by atoms with Crippen LogP contribution in [0.5, 0.6) is 0 Å². The summed E-state index contributed by atoms with van der Waals surface area (Å²) in [6, 6.07) is 20.5. The van der Waals surface area contributed by atoms with Crippen LogP contribution in [-0.4, -0.2) is 0 Å². The van der Waals surface area contributed by atoms with Gasteiger partial charge in [0.1, 0.15) is 24.4 Å². The Hall–Kier alpha value is -0.690. The first kappa shape index (κ1) is 10.8. The quantitative estimate of drug-likeness (QED) is 0.784. The van der Waals surface area contributed by atoms with Crippen LogP contribution in [0.4, 0.5) is 0 Å². The largest absolute Gasteiger partial charge is 0.276 e. The molecule has 0 heterocycles. The summed E-state index contributed by atoms with van der Waals surface area (Å²) < 4.78 is 5.40. The van der Waals surface area contributed by atoms with E-state index in [1.54, 1.807) is 0 Å². The first-order valence-electron chi connectivity index (χ1n) is 4.61. The summed E-state index contributed by atoms with van der Waals surface area (Å²) in [5, 5.41) is 2.41. The van der Waals surface area contributed by atoms with Gasteiger partial charge in [-0.1, -0.05) is 60.7 Å². The molecule has 0 unspecified atom stereocenters. The Labute approximate surface area is 99.4 Å². The van der Waals surface area contributed by atoms with Crippen molar-refractivity contribution in [2.24, 2.45) is 0 Å². The Morgan fingerprint density at radius 3 is 1.47 bits per heavy atom. The summed E-state index contributed by atoms with van der Waals surface area (Å²) in [5.41, 5.74) is 0. The lowest BCUT2D eigenvalue weighted by Crippen LogP contribution is -2.10. The summed E-state index contributed by atoms with van der Waals surface area (Å²) >= 11 is 3.12. The van der Waals surface area contributed by atoms with Crippen molar-refractivity contribution in [1.82, 2.24) is 0 Å². The molecule has 0 N–H and O–H groups in total.